The fraction of sp³-hybridized carbons (Fsp3) is 0.810. The predicted molar refractivity (Wildman–Crippen MR) is 204 cm³/mol. The molecular formula is C42H74N2O6. The normalized spacial score (nSPS) is 22.0. The summed E-state index contributed by atoms with van der Waals surface area (Å²) in [5.74, 6) is -0.589. The number of hydrogen-bond acceptors (Lipinski definition) is 6. The average molecular weight is 703 g/mol. The summed E-state index contributed by atoms with van der Waals surface area (Å²) in [5, 5.41) is 0. The Bertz CT molecular complexity index is 859. The molecule has 2 amide bonds. The lowest BCUT2D eigenvalue weighted by Gasteiger charge is -2.17. The summed E-state index contributed by atoms with van der Waals surface area (Å²) < 4.78 is 11.8. The van der Waals surface area contributed by atoms with E-state index in [1.165, 1.54) is 25.7 Å². The van der Waals surface area contributed by atoms with Gasteiger partial charge in [-0.1, -0.05) is 115 Å². The van der Waals surface area contributed by atoms with E-state index < -0.39 is 0 Å². The van der Waals surface area contributed by atoms with Crippen molar-refractivity contribution in [3.8, 4) is 0 Å². The van der Waals surface area contributed by atoms with Gasteiger partial charge in [0.05, 0.1) is 0 Å². The van der Waals surface area contributed by atoms with Crippen molar-refractivity contribution in [2.45, 2.75) is 219 Å². The average Bonchev–Trinajstić information content (AvgIpc) is 3.10. The van der Waals surface area contributed by atoms with E-state index in [0.717, 1.165) is 128 Å². The number of esters is 2. The van der Waals surface area contributed by atoms with Crippen LogP contribution in [0.25, 0.3) is 0 Å². The molecule has 0 radical (unpaired) electrons. The van der Waals surface area contributed by atoms with Crippen molar-refractivity contribution in [1.82, 2.24) is 10.9 Å². The highest BCUT2D eigenvalue weighted by atomic mass is 16.5. The van der Waals surface area contributed by atoms with Gasteiger partial charge in [-0.3, -0.25) is 30.0 Å². The van der Waals surface area contributed by atoms with Crippen LogP contribution in [0.15, 0.2) is 24.3 Å². The fourth-order valence-electron chi connectivity index (χ4n) is 6.23. The first-order valence-corrected chi connectivity index (χ1v) is 20.7. The van der Waals surface area contributed by atoms with Crippen molar-refractivity contribution in [1.29, 1.82) is 0 Å². The molecule has 0 unspecified atom stereocenters. The molecule has 2 N–H and O–H groups in total. The van der Waals surface area contributed by atoms with Crippen LogP contribution in [-0.2, 0) is 28.7 Å². The molecule has 1 aliphatic heterocycles. The van der Waals surface area contributed by atoms with Crippen LogP contribution in [0, 0.1) is 0 Å². The van der Waals surface area contributed by atoms with Gasteiger partial charge >= 0.3 is 11.9 Å². The van der Waals surface area contributed by atoms with E-state index in [4.69, 9.17) is 9.47 Å². The number of cyclic esters (lactones) is 2. The molecule has 1 heterocycles. The van der Waals surface area contributed by atoms with Gasteiger partial charge in [-0.25, -0.2) is 0 Å². The highest BCUT2D eigenvalue weighted by molar-refractivity contribution is 5.81. The van der Waals surface area contributed by atoms with E-state index in [0.29, 0.717) is 38.5 Å². The van der Waals surface area contributed by atoms with Gasteiger partial charge < -0.3 is 9.47 Å². The minimum Gasteiger partial charge on any atom is -0.462 e. The third kappa shape index (κ3) is 29.1. The lowest BCUT2D eigenvalue weighted by molar-refractivity contribution is -0.151. The third-order valence-electron chi connectivity index (χ3n) is 9.39. The molecule has 0 fully saturated rings. The molecule has 1 rings (SSSR count). The summed E-state index contributed by atoms with van der Waals surface area (Å²) in [7, 11) is 0. The standard InChI is InChI=1S/C42H74N2O6/c1-3-5-7-21-29-37-31-23-17-13-9-11-15-19-25-33-39(45)43-44-40(46)34-26-20-16-12-10-14-18-24-32-38(30-22-8-6-4-2)50-42(48)36-28-27-35-41(47)49-37/h17-18,23-24,37-38H,3-16,19-22,25-36H2,1-2H3,(H,43,45)(H,44,46)/t37-,38-/m1/s1. The Morgan fingerprint density at radius 3 is 1.28 bits per heavy atom. The first-order valence-electron chi connectivity index (χ1n) is 20.7. The molecule has 50 heavy (non-hydrogen) atoms. The first-order chi connectivity index (χ1) is 24.4. The number of amides is 2. The Morgan fingerprint density at radius 2 is 0.860 bits per heavy atom. The number of ether oxygens (including phenoxy) is 2. The molecule has 8 heteroatoms. The number of nitrogens with one attached hydrogen (secondary N) is 2. The van der Waals surface area contributed by atoms with Crippen LogP contribution in [0.4, 0.5) is 0 Å². The largest absolute Gasteiger partial charge is 0.462 e. The molecule has 0 aromatic carbocycles. The number of hydrogen-bond donors (Lipinski definition) is 2. The van der Waals surface area contributed by atoms with Gasteiger partial charge in [0.1, 0.15) is 12.2 Å². The van der Waals surface area contributed by atoms with E-state index >= 15 is 0 Å². The first kappa shape index (κ1) is 45.4. The van der Waals surface area contributed by atoms with Crippen molar-refractivity contribution in [2.24, 2.45) is 0 Å². The van der Waals surface area contributed by atoms with Crippen LogP contribution >= 0.6 is 0 Å². The van der Waals surface area contributed by atoms with Crippen LogP contribution in [0.2, 0.25) is 0 Å². The zero-order valence-electron chi connectivity index (χ0n) is 32.1. The fourth-order valence-corrected chi connectivity index (χ4v) is 6.23. The van der Waals surface area contributed by atoms with E-state index in [9.17, 15) is 19.2 Å². The monoisotopic (exact) mass is 703 g/mol. The Balaban J connectivity index is 2.67. The van der Waals surface area contributed by atoms with Crippen molar-refractivity contribution in [3.05, 3.63) is 24.3 Å². The van der Waals surface area contributed by atoms with E-state index in [1.54, 1.807) is 0 Å². The molecule has 0 saturated carbocycles. The zero-order valence-corrected chi connectivity index (χ0v) is 32.1. The summed E-state index contributed by atoms with van der Waals surface area (Å²) >= 11 is 0. The maximum atomic E-state index is 12.7. The van der Waals surface area contributed by atoms with Crippen molar-refractivity contribution in [2.75, 3.05) is 0 Å². The topological polar surface area (TPSA) is 111 Å². The molecule has 0 aromatic rings. The van der Waals surface area contributed by atoms with Gasteiger partial charge in [-0.05, 0) is 77.0 Å². The third-order valence-corrected chi connectivity index (χ3v) is 9.39. The molecule has 1 aliphatic rings. The Morgan fingerprint density at radius 1 is 0.480 bits per heavy atom. The quantitative estimate of drug-likeness (QED) is 0.133. The lowest BCUT2D eigenvalue weighted by atomic mass is 10.1. The van der Waals surface area contributed by atoms with Crippen molar-refractivity contribution >= 4 is 23.8 Å². The molecule has 288 valence electrons. The Hall–Kier alpha value is -2.64. The minimum absolute atomic E-state index is 0.0964. The molecule has 0 bridgehead atoms. The smallest absolute Gasteiger partial charge is 0.306 e. The number of carbonyl (C=O) groups is 4. The minimum atomic E-state index is -0.167. The van der Waals surface area contributed by atoms with Crippen LogP contribution in [0.3, 0.4) is 0 Å². The van der Waals surface area contributed by atoms with E-state index in [1.807, 2.05) is 0 Å². The van der Waals surface area contributed by atoms with Crippen LogP contribution in [0.5, 0.6) is 0 Å². The Labute approximate surface area is 305 Å². The lowest BCUT2D eigenvalue weighted by Crippen LogP contribution is -2.41. The molecule has 0 aromatic heterocycles. The summed E-state index contributed by atoms with van der Waals surface area (Å²) in [6, 6.07) is 0. The SMILES string of the molecule is CCCCCC[C@@H]1CC=CCCCCCCCC(=O)NNC(=O)CCCCCCCC=CC[C@@H](CCCCCC)OC(=O)CCCCC(=O)O1. The number of allylic oxidation sites excluding steroid dienone is 2. The highest BCUT2D eigenvalue weighted by Gasteiger charge is 2.16. The number of carbonyl (C=O) groups excluding carboxylic acids is 4. The molecular weight excluding hydrogens is 628 g/mol. The summed E-state index contributed by atoms with van der Waals surface area (Å²) in [6.45, 7) is 4.40. The zero-order chi connectivity index (χ0) is 36.3. The second kappa shape index (κ2) is 33.5. The van der Waals surface area contributed by atoms with Crippen molar-refractivity contribution < 1.29 is 28.7 Å². The van der Waals surface area contributed by atoms with Gasteiger partial charge in [0.15, 0.2) is 0 Å². The number of rotatable bonds is 10. The molecule has 0 spiro atoms. The highest BCUT2D eigenvalue weighted by Crippen LogP contribution is 2.17. The van der Waals surface area contributed by atoms with Gasteiger partial charge in [0.25, 0.3) is 0 Å². The van der Waals surface area contributed by atoms with Gasteiger partial charge in [0, 0.05) is 38.5 Å². The Kier molecular flexibility index (Phi) is 30.4. The van der Waals surface area contributed by atoms with E-state index in [2.05, 4.69) is 49.0 Å². The van der Waals surface area contributed by atoms with Gasteiger partial charge in [0.2, 0.25) is 11.8 Å². The van der Waals surface area contributed by atoms with Crippen LogP contribution in [-0.4, -0.2) is 36.0 Å². The van der Waals surface area contributed by atoms with Gasteiger partial charge in [-0.15, -0.1) is 0 Å². The van der Waals surface area contributed by atoms with Crippen LogP contribution < -0.4 is 10.9 Å². The maximum absolute atomic E-state index is 12.7. The molecule has 2 atom stereocenters. The second-order valence-electron chi connectivity index (χ2n) is 14.3. The summed E-state index contributed by atoms with van der Waals surface area (Å²) in [6.07, 6.45) is 35.9. The molecule has 0 saturated heterocycles. The number of hydrazine groups is 1. The van der Waals surface area contributed by atoms with Gasteiger partial charge in [-0.2, -0.15) is 0 Å². The van der Waals surface area contributed by atoms with E-state index in [-0.39, 0.29) is 36.0 Å². The predicted octanol–water partition coefficient (Wildman–Crippen LogP) is 10.8. The summed E-state index contributed by atoms with van der Waals surface area (Å²) in [4.78, 5) is 49.6. The second-order valence-corrected chi connectivity index (χ2v) is 14.3. The van der Waals surface area contributed by atoms with Crippen molar-refractivity contribution in [3.63, 3.8) is 0 Å². The summed E-state index contributed by atoms with van der Waals surface area (Å²) in [5.41, 5.74) is 5.12. The number of unbranched alkanes of at least 4 members (excludes halogenated alkanes) is 6. The van der Waals surface area contributed by atoms with Crippen LogP contribution in [0.1, 0.15) is 206 Å². The molecule has 8 nitrogen and oxygen atoms in total. The molecule has 0 aliphatic carbocycles. The maximum Gasteiger partial charge on any atom is 0.306 e.